The summed E-state index contributed by atoms with van der Waals surface area (Å²) in [6.45, 7) is 15.3. The van der Waals surface area contributed by atoms with Gasteiger partial charge in [0.05, 0.1) is 11.1 Å². The Kier molecular flexibility index (Phi) is 6.27. The van der Waals surface area contributed by atoms with Crippen molar-refractivity contribution < 1.29 is 19.1 Å². The SMILES string of the molecule is CC(C)(C)OC(=O)c1ccc(C(C)(C)c2ccc(C(=O)OC(C)(C)C)cc2)cc1. The highest BCUT2D eigenvalue weighted by Gasteiger charge is 2.25. The monoisotopic (exact) mass is 396 g/mol. The summed E-state index contributed by atoms with van der Waals surface area (Å²) in [6.07, 6.45) is 0. The summed E-state index contributed by atoms with van der Waals surface area (Å²) in [5, 5.41) is 0. The quantitative estimate of drug-likeness (QED) is 0.602. The second kappa shape index (κ2) is 8.02. The van der Waals surface area contributed by atoms with Crippen LogP contribution in [0.2, 0.25) is 0 Å². The first-order valence-corrected chi connectivity index (χ1v) is 9.87. The zero-order chi connectivity index (χ0) is 22.0. The maximum Gasteiger partial charge on any atom is 0.338 e. The molecule has 156 valence electrons. The van der Waals surface area contributed by atoms with Crippen LogP contribution in [-0.2, 0) is 14.9 Å². The predicted molar refractivity (Wildman–Crippen MR) is 115 cm³/mol. The van der Waals surface area contributed by atoms with E-state index in [9.17, 15) is 9.59 Å². The largest absolute Gasteiger partial charge is 0.456 e. The minimum Gasteiger partial charge on any atom is -0.456 e. The molecule has 0 aliphatic carbocycles. The third-order valence-electron chi connectivity index (χ3n) is 4.48. The van der Waals surface area contributed by atoms with Gasteiger partial charge in [-0.05, 0) is 76.9 Å². The summed E-state index contributed by atoms with van der Waals surface area (Å²) < 4.78 is 10.8. The molecule has 0 fully saturated rings. The van der Waals surface area contributed by atoms with E-state index in [4.69, 9.17) is 9.47 Å². The van der Waals surface area contributed by atoms with Gasteiger partial charge >= 0.3 is 11.9 Å². The van der Waals surface area contributed by atoms with E-state index in [0.29, 0.717) is 11.1 Å². The molecule has 0 atom stereocenters. The van der Waals surface area contributed by atoms with Gasteiger partial charge in [-0.2, -0.15) is 0 Å². The average molecular weight is 397 g/mol. The average Bonchev–Trinajstić information content (AvgIpc) is 2.59. The Morgan fingerprint density at radius 1 is 0.552 bits per heavy atom. The van der Waals surface area contributed by atoms with Crippen LogP contribution in [0.5, 0.6) is 0 Å². The van der Waals surface area contributed by atoms with E-state index in [1.807, 2.05) is 65.8 Å². The van der Waals surface area contributed by atoms with E-state index in [1.54, 1.807) is 24.3 Å². The molecule has 0 heterocycles. The van der Waals surface area contributed by atoms with Gasteiger partial charge in [-0.1, -0.05) is 38.1 Å². The minimum absolute atomic E-state index is 0.293. The van der Waals surface area contributed by atoms with Crippen molar-refractivity contribution in [2.24, 2.45) is 0 Å². The number of rotatable bonds is 4. The van der Waals surface area contributed by atoms with E-state index in [0.717, 1.165) is 11.1 Å². The Bertz CT molecular complexity index is 788. The maximum absolute atomic E-state index is 12.2. The van der Waals surface area contributed by atoms with Gasteiger partial charge in [-0.3, -0.25) is 0 Å². The topological polar surface area (TPSA) is 52.6 Å². The van der Waals surface area contributed by atoms with Crippen molar-refractivity contribution in [3.63, 3.8) is 0 Å². The molecule has 0 radical (unpaired) electrons. The summed E-state index contributed by atoms with van der Waals surface area (Å²) in [7, 11) is 0. The van der Waals surface area contributed by atoms with Crippen LogP contribution >= 0.6 is 0 Å². The third-order valence-corrected chi connectivity index (χ3v) is 4.48. The number of ether oxygens (including phenoxy) is 2. The van der Waals surface area contributed by atoms with Crippen LogP contribution in [0.3, 0.4) is 0 Å². The maximum atomic E-state index is 12.2. The summed E-state index contributed by atoms with van der Waals surface area (Å²) >= 11 is 0. The van der Waals surface area contributed by atoms with Crippen molar-refractivity contribution in [2.45, 2.75) is 72.0 Å². The van der Waals surface area contributed by atoms with Crippen LogP contribution in [0.15, 0.2) is 48.5 Å². The van der Waals surface area contributed by atoms with Crippen molar-refractivity contribution in [3.05, 3.63) is 70.8 Å². The highest BCUT2D eigenvalue weighted by Crippen LogP contribution is 2.32. The van der Waals surface area contributed by atoms with E-state index in [-0.39, 0.29) is 17.4 Å². The minimum atomic E-state index is -0.523. The first-order valence-electron chi connectivity index (χ1n) is 9.87. The van der Waals surface area contributed by atoms with E-state index in [1.165, 1.54) is 0 Å². The molecule has 0 saturated carbocycles. The molecule has 0 spiro atoms. The highest BCUT2D eigenvalue weighted by molar-refractivity contribution is 5.90. The van der Waals surface area contributed by atoms with Crippen LogP contribution in [0.1, 0.15) is 87.2 Å². The first kappa shape index (κ1) is 22.7. The van der Waals surface area contributed by atoms with Crippen molar-refractivity contribution in [1.82, 2.24) is 0 Å². The van der Waals surface area contributed by atoms with Gasteiger partial charge < -0.3 is 9.47 Å². The van der Waals surface area contributed by atoms with Gasteiger partial charge in [0.1, 0.15) is 11.2 Å². The van der Waals surface area contributed by atoms with E-state index >= 15 is 0 Å². The standard InChI is InChI=1S/C25H32O4/c1-23(2,3)28-21(26)17-9-13-19(14-10-17)25(7,8)20-15-11-18(12-16-20)22(27)29-24(4,5)6/h9-16H,1-8H3. The number of carbonyl (C=O) groups is 2. The number of benzene rings is 2. The molecule has 0 bridgehead atoms. The molecule has 2 aromatic carbocycles. The van der Waals surface area contributed by atoms with Crippen LogP contribution in [0.4, 0.5) is 0 Å². The third kappa shape index (κ3) is 6.18. The lowest BCUT2D eigenvalue weighted by Crippen LogP contribution is -2.24. The lowest BCUT2D eigenvalue weighted by molar-refractivity contribution is 0.00570. The van der Waals surface area contributed by atoms with Crippen molar-refractivity contribution in [3.8, 4) is 0 Å². The summed E-state index contributed by atoms with van der Waals surface area (Å²) in [4.78, 5) is 24.5. The Morgan fingerprint density at radius 2 is 0.828 bits per heavy atom. The zero-order valence-electron chi connectivity index (χ0n) is 18.8. The van der Waals surface area contributed by atoms with Crippen molar-refractivity contribution in [1.29, 1.82) is 0 Å². The smallest absolute Gasteiger partial charge is 0.338 e. The lowest BCUT2D eigenvalue weighted by Gasteiger charge is -2.27. The van der Waals surface area contributed by atoms with Gasteiger partial charge in [-0.25, -0.2) is 9.59 Å². The normalized spacial score (nSPS) is 12.4. The summed E-state index contributed by atoms with van der Waals surface area (Å²) in [6, 6.07) is 14.9. The van der Waals surface area contributed by atoms with Gasteiger partial charge in [0.2, 0.25) is 0 Å². The number of hydrogen-bond donors (Lipinski definition) is 0. The molecule has 2 rings (SSSR count). The molecule has 0 saturated heterocycles. The summed E-state index contributed by atoms with van der Waals surface area (Å²) in [5.41, 5.74) is 1.85. The fourth-order valence-corrected chi connectivity index (χ4v) is 2.89. The molecular formula is C25H32O4. The van der Waals surface area contributed by atoms with Crippen LogP contribution in [0, 0.1) is 0 Å². The van der Waals surface area contributed by atoms with Crippen LogP contribution < -0.4 is 0 Å². The fourth-order valence-electron chi connectivity index (χ4n) is 2.89. The van der Waals surface area contributed by atoms with Crippen LogP contribution in [-0.4, -0.2) is 23.1 Å². The van der Waals surface area contributed by atoms with Crippen molar-refractivity contribution >= 4 is 11.9 Å². The predicted octanol–water partition coefficient (Wildman–Crippen LogP) is 5.92. The Balaban J connectivity index is 2.20. The van der Waals surface area contributed by atoms with Gasteiger partial charge in [0, 0.05) is 5.41 Å². The Labute approximate surface area is 174 Å². The molecule has 4 nitrogen and oxygen atoms in total. The number of esters is 2. The Hall–Kier alpha value is -2.62. The molecule has 0 amide bonds. The molecule has 0 aliphatic heterocycles. The van der Waals surface area contributed by atoms with Crippen LogP contribution in [0.25, 0.3) is 0 Å². The molecule has 2 aromatic rings. The zero-order valence-corrected chi connectivity index (χ0v) is 18.8. The van der Waals surface area contributed by atoms with Gasteiger partial charge in [0.25, 0.3) is 0 Å². The van der Waals surface area contributed by atoms with Crippen molar-refractivity contribution in [2.75, 3.05) is 0 Å². The fraction of sp³-hybridized carbons (Fsp3) is 0.440. The van der Waals surface area contributed by atoms with E-state index < -0.39 is 11.2 Å². The number of carbonyl (C=O) groups excluding carboxylic acids is 2. The first-order chi connectivity index (χ1) is 13.2. The second-order valence-corrected chi connectivity index (χ2v) is 9.78. The van der Waals surface area contributed by atoms with Gasteiger partial charge in [0.15, 0.2) is 0 Å². The molecule has 0 aromatic heterocycles. The molecule has 0 unspecified atom stereocenters. The molecule has 4 heteroatoms. The molecular weight excluding hydrogens is 364 g/mol. The number of hydrogen-bond acceptors (Lipinski definition) is 4. The summed E-state index contributed by atoms with van der Waals surface area (Å²) in [5.74, 6) is -0.660. The van der Waals surface area contributed by atoms with E-state index in [2.05, 4.69) is 13.8 Å². The molecule has 0 aliphatic rings. The molecule has 29 heavy (non-hydrogen) atoms. The lowest BCUT2D eigenvalue weighted by atomic mass is 9.78. The highest BCUT2D eigenvalue weighted by atomic mass is 16.6. The van der Waals surface area contributed by atoms with Gasteiger partial charge in [-0.15, -0.1) is 0 Å². The Morgan fingerprint density at radius 3 is 1.07 bits per heavy atom. The molecule has 0 N–H and O–H groups in total. The second-order valence-electron chi connectivity index (χ2n) is 9.78.